The SMILES string of the molecule is Cc1ccnc(C(N)c2cnc3ccccc3c2)c1. The predicted octanol–water partition coefficient (Wildman–Crippen LogP) is 2.99. The van der Waals surface area contributed by atoms with Gasteiger partial charge in [-0.2, -0.15) is 0 Å². The summed E-state index contributed by atoms with van der Waals surface area (Å²) in [6.45, 7) is 2.04. The van der Waals surface area contributed by atoms with Gasteiger partial charge in [0.2, 0.25) is 0 Å². The fraction of sp³-hybridized carbons (Fsp3) is 0.125. The van der Waals surface area contributed by atoms with Crippen molar-refractivity contribution in [2.24, 2.45) is 5.73 Å². The molecule has 2 aromatic heterocycles. The molecule has 2 N–H and O–H groups in total. The molecule has 0 fully saturated rings. The summed E-state index contributed by atoms with van der Waals surface area (Å²) in [7, 11) is 0. The summed E-state index contributed by atoms with van der Waals surface area (Å²) in [4.78, 5) is 8.79. The van der Waals surface area contributed by atoms with Crippen molar-refractivity contribution in [3.63, 3.8) is 0 Å². The van der Waals surface area contributed by atoms with Crippen molar-refractivity contribution in [3.05, 3.63) is 71.7 Å². The molecular weight excluding hydrogens is 234 g/mol. The molecule has 0 amide bonds. The number of rotatable bonds is 2. The van der Waals surface area contributed by atoms with Crippen molar-refractivity contribution in [1.82, 2.24) is 9.97 Å². The number of fused-ring (bicyclic) bond motifs is 1. The number of nitrogens with zero attached hydrogens (tertiary/aromatic N) is 2. The van der Waals surface area contributed by atoms with Crippen LogP contribution >= 0.6 is 0 Å². The van der Waals surface area contributed by atoms with Gasteiger partial charge in [-0.15, -0.1) is 0 Å². The smallest absolute Gasteiger partial charge is 0.0741 e. The number of para-hydroxylation sites is 1. The number of hydrogen-bond donors (Lipinski definition) is 1. The molecule has 0 saturated heterocycles. The number of aryl methyl sites for hydroxylation is 1. The van der Waals surface area contributed by atoms with E-state index in [-0.39, 0.29) is 6.04 Å². The summed E-state index contributed by atoms with van der Waals surface area (Å²) in [6, 6.07) is 13.8. The molecule has 3 nitrogen and oxygen atoms in total. The van der Waals surface area contributed by atoms with Gasteiger partial charge in [-0.3, -0.25) is 9.97 Å². The summed E-state index contributed by atoms with van der Waals surface area (Å²) >= 11 is 0. The summed E-state index contributed by atoms with van der Waals surface area (Å²) in [5, 5.41) is 1.10. The Morgan fingerprint density at radius 1 is 1.05 bits per heavy atom. The van der Waals surface area contributed by atoms with Crippen LogP contribution in [0.1, 0.15) is 22.9 Å². The van der Waals surface area contributed by atoms with Gasteiger partial charge in [0.25, 0.3) is 0 Å². The lowest BCUT2D eigenvalue weighted by atomic mass is 10.0. The lowest BCUT2D eigenvalue weighted by molar-refractivity contribution is 0.823. The zero-order chi connectivity index (χ0) is 13.2. The molecule has 0 aliphatic rings. The Bertz CT molecular complexity index is 722. The van der Waals surface area contributed by atoms with Gasteiger partial charge in [-0.25, -0.2) is 0 Å². The number of nitrogens with two attached hydrogens (primary N) is 1. The van der Waals surface area contributed by atoms with Gasteiger partial charge < -0.3 is 5.73 Å². The van der Waals surface area contributed by atoms with Gasteiger partial charge >= 0.3 is 0 Å². The van der Waals surface area contributed by atoms with E-state index in [1.807, 2.05) is 49.5 Å². The quantitative estimate of drug-likeness (QED) is 0.759. The highest BCUT2D eigenvalue weighted by Crippen LogP contribution is 2.21. The van der Waals surface area contributed by atoms with Crippen molar-refractivity contribution >= 4 is 10.9 Å². The maximum absolute atomic E-state index is 6.27. The minimum absolute atomic E-state index is 0.239. The zero-order valence-corrected chi connectivity index (χ0v) is 10.7. The van der Waals surface area contributed by atoms with E-state index in [0.29, 0.717) is 0 Å². The van der Waals surface area contributed by atoms with Crippen LogP contribution in [-0.2, 0) is 0 Å². The molecule has 1 aromatic carbocycles. The number of aromatic nitrogens is 2. The Hall–Kier alpha value is -2.26. The predicted molar refractivity (Wildman–Crippen MR) is 76.7 cm³/mol. The summed E-state index contributed by atoms with van der Waals surface area (Å²) in [5.41, 5.74) is 10.3. The van der Waals surface area contributed by atoms with Gasteiger partial charge in [0, 0.05) is 17.8 Å². The fourth-order valence-electron chi connectivity index (χ4n) is 2.16. The van der Waals surface area contributed by atoms with Crippen LogP contribution in [-0.4, -0.2) is 9.97 Å². The summed E-state index contributed by atoms with van der Waals surface area (Å²) in [6.07, 6.45) is 3.62. The second kappa shape index (κ2) is 4.78. The minimum atomic E-state index is -0.239. The molecule has 3 heteroatoms. The first kappa shape index (κ1) is 11.8. The number of pyridine rings is 2. The molecule has 3 rings (SSSR count). The Morgan fingerprint density at radius 2 is 1.89 bits per heavy atom. The largest absolute Gasteiger partial charge is 0.319 e. The number of hydrogen-bond acceptors (Lipinski definition) is 3. The van der Waals surface area contributed by atoms with E-state index in [9.17, 15) is 0 Å². The molecule has 0 aliphatic carbocycles. The van der Waals surface area contributed by atoms with Gasteiger partial charge in [0.1, 0.15) is 0 Å². The lowest BCUT2D eigenvalue weighted by Crippen LogP contribution is -2.13. The van der Waals surface area contributed by atoms with Crippen molar-refractivity contribution in [2.45, 2.75) is 13.0 Å². The fourth-order valence-corrected chi connectivity index (χ4v) is 2.16. The number of benzene rings is 1. The maximum Gasteiger partial charge on any atom is 0.0741 e. The van der Waals surface area contributed by atoms with E-state index in [1.54, 1.807) is 6.20 Å². The standard InChI is InChI=1S/C16H15N3/c1-11-6-7-18-15(8-11)16(17)13-9-12-4-2-3-5-14(12)19-10-13/h2-10,16H,17H2,1H3. The molecule has 0 aliphatic heterocycles. The first-order chi connectivity index (χ1) is 9.24. The van der Waals surface area contributed by atoms with Gasteiger partial charge in [0.15, 0.2) is 0 Å². The molecule has 0 saturated carbocycles. The average molecular weight is 249 g/mol. The van der Waals surface area contributed by atoms with Crippen molar-refractivity contribution < 1.29 is 0 Å². The minimum Gasteiger partial charge on any atom is -0.319 e. The second-order valence-corrected chi connectivity index (χ2v) is 4.70. The monoisotopic (exact) mass is 249 g/mol. The van der Waals surface area contributed by atoms with Crippen LogP contribution in [0.3, 0.4) is 0 Å². The van der Waals surface area contributed by atoms with Crippen molar-refractivity contribution in [1.29, 1.82) is 0 Å². The molecule has 3 aromatic rings. The first-order valence-electron chi connectivity index (χ1n) is 6.27. The Balaban J connectivity index is 2.04. The van der Waals surface area contributed by atoms with Crippen LogP contribution in [0.15, 0.2) is 54.9 Å². The van der Waals surface area contributed by atoms with Crippen LogP contribution in [0, 0.1) is 6.92 Å². The van der Waals surface area contributed by atoms with E-state index in [2.05, 4.69) is 16.0 Å². The molecule has 0 bridgehead atoms. The highest BCUT2D eigenvalue weighted by Gasteiger charge is 2.11. The molecule has 1 atom stereocenters. The molecule has 19 heavy (non-hydrogen) atoms. The third-order valence-corrected chi connectivity index (χ3v) is 3.23. The van der Waals surface area contributed by atoms with Crippen molar-refractivity contribution in [2.75, 3.05) is 0 Å². The maximum atomic E-state index is 6.27. The van der Waals surface area contributed by atoms with E-state index in [0.717, 1.165) is 27.7 Å². The van der Waals surface area contributed by atoms with Crippen LogP contribution < -0.4 is 5.73 Å². The second-order valence-electron chi connectivity index (χ2n) is 4.70. The van der Waals surface area contributed by atoms with Gasteiger partial charge in [0.05, 0.1) is 17.3 Å². The van der Waals surface area contributed by atoms with E-state index in [1.165, 1.54) is 0 Å². The van der Waals surface area contributed by atoms with Gasteiger partial charge in [-0.1, -0.05) is 18.2 Å². The highest BCUT2D eigenvalue weighted by atomic mass is 14.8. The average Bonchev–Trinajstić information content (AvgIpc) is 2.46. The van der Waals surface area contributed by atoms with Crippen LogP contribution in [0.25, 0.3) is 10.9 Å². The van der Waals surface area contributed by atoms with E-state index < -0.39 is 0 Å². The topological polar surface area (TPSA) is 51.8 Å². The first-order valence-corrected chi connectivity index (χ1v) is 6.27. The lowest BCUT2D eigenvalue weighted by Gasteiger charge is -2.12. The normalized spacial score (nSPS) is 12.5. The van der Waals surface area contributed by atoms with Crippen molar-refractivity contribution in [3.8, 4) is 0 Å². The molecule has 1 unspecified atom stereocenters. The van der Waals surface area contributed by atoms with E-state index >= 15 is 0 Å². The zero-order valence-electron chi connectivity index (χ0n) is 10.7. The van der Waals surface area contributed by atoms with Crippen LogP contribution in [0.5, 0.6) is 0 Å². The molecule has 2 heterocycles. The Kier molecular flexibility index (Phi) is 2.97. The Labute approximate surface area is 112 Å². The summed E-state index contributed by atoms with van der Waals surface area (Å²) in [5.74, 6) is 0. The summed E-state index contributed by atoms with van der Waals surface area (Å²) < 4.78 is 0. The molecule has 0 radical (unpaired) electrons. The van der Waals surface area contributed by atoms with E-state index in [4.69, 9.17) is 5.73 Å². The van der Waals surface area contributed by atoms with Gasteiger partial charge in [-0.05, 0) is 42.3 Å². The third-order valence-electron chi connectivity index (χ3n) is 3.23. The molecular formula is C16H15N3. The Morgan fingerprint density at radius 3 is 2.74 bits per heavy atom. The van der Waals surface area contributed by atoms with Crippen LogP contribution in [0.2, 0.25) is 0 Å². The molecule has 0 spiro atoms. The highest BCUT2D eigenvalue weighted by molar-refractivity contribution is 5.78. The third kappa shape index (κ3) is 2.33. The molecule has 94 valence electrons. The van der Waals surface area contributed by atoms with Crippen LogP contribution in [0.4, 0.5) is 0 Å².